The zero-order chi connectivity index (χ0) is 17.3. The van der Waals surface area contributed by atoms with E-state index in [1.165, 1.54) is 17.8 Å². The molecule has 0 aliphatic carbocycles. The summed E-state index contributed by atoms with van der Waals surface area (Å²) in [4.78, 5) is 30.3. The summed E-state index contributed by atoms with van der Waals surface area (Å²) in [6.07, 6.45) is 1.44. The number of phenolic OH excluding ortho intramolecular Hbond substituents is 1. The van der Waals surface area contributed by atoms with Crippen molar-refractivity contribution in [1.82, 2.24) is 19.1 Å². The molecular weight excluding hydrogens is 312 g/mol. The number of aryl methyl sites for hydroxylation is 2. The molecule has 24 heavy (non-hydrogen) atoms. The predicted octanol–water partition coefficient (Wildman–Crippen LogP) is 0.595. The maximum Gasteiger partial charge on any atom is 0.329 e. The molecule has 0 aliphatic rings. The number of fused-ring (bicyclic) bond motifs is 1. The van der Waals surface area contributed by atoms with Crippen LogP contribution < -0.4 is 16.7 Å². The number of para-hydroxylation sites is 1. The summed E-state index contributed by atoms with van der Waals surface area (Å²) in [6.45, 7) is 2.32. The summed E-state index contributed by atoms with van der Waals surface area (Å²) < 4.78 is 2.89. The van der Waals surface area contributed by atoms with Gasteiger partial charge in [0.2, 0.25) is 5.95 Å². The second kappa shape index (κ2) is 6.03. The topological polar surface area (TPSA) is 117 Å². The third-order valence-electron chi connectivity index (χ3n) is 3.63. The molecule has 3 aromatic rings. The third kappa shape index (κ3) is 2.56. The van der Waals surface area contributed by atoms with Gasteiger partial charge in [0.05, 0.1) is 6.21 Å². The molecule has 0 fully saturated rings. The number of aromatic hydroxyl groups is 1. The number of benzene rings is 1. The van der Waals surface area contributed by atoms with Gasteiger partial charge < -0.3 is 9.67 Å². The number of aromatic amines is 1. The average Bonchev–Trinajstić information content (AvgIpc) is 2.94. The fraction of sp³-hybridized carbons (Fsp3) is 0.200. The van der Waals surface area contributed by atoms with Crippen molar-refractivity contribution < 1.29 is 5.11 Å². The molecule has 0 aliphatic heterocycles. The summed E-state index contributed by atoms with van der Waals surface area (Å²) in [5.74, 6) is 0.428. The fourth-order valence-electron chi connectivity index (χ4n) is 2.38. The van der Waals surface area contributed by atoms with Crippen LogP contribution in [0.25, 0.3) is 11.2 Å². The lowest BCUT2D eigenvalue weighted by Gasteiger charge is -2.04. The smallest absolute Gasteiger partial charge is 0.329 e. The highest BCUT2D eigenvalue weighted by Crippen LogP contribution is 2.16. The van der Waals surface area contributed by atoms with E-state index in [9.17, 15) is 14.7 Å². The lowest BCUT2D eigenvalue weighted by atomic mass is 10.2. The quantitative estimate of drug-likeness (QED) is 0.479. The first-order chi connectivity index (χ1) is 11.5. The number of hydrazone groups is 1. The van der Waals surface area contributed by atoms with Crippen molar-refractivity contribution in [2.75, 3.05) is 5.43 Å². The van der Waals surface area contributed by atoms with E-state index < -0.39 is 11.2 Å². The molecule has 9 heteroatoms. The highest BCUT2D eigenvalue weighted by Gasteiger charge is 2.15. The molecule has 3 N–H and O–H groups in total. The Labute approximate surface area is 135 Å². The normalized spacial score (nSPS) is 11.4. The molecule has 0 bridgehead atoms. The number of hydrogen-bond acceptors (Lipinski definition) is 6. The maximum atomic E-state index is 12.1. The number of nitrogens with one attached hydrogen (secondary N) is 2. The van der Waals surface area contributed by atoms with Crippen molar-refractivity contribution in [2.45, 2.75) is 13.5 Å². The molecular formula is C15H16N6O3. The number of H-pyrrole nitrogens is 1. The number of nitrogens with zero attached hydrogens (tertiary/aromatic N) is 4. The van der Waals surface area contributed by atoms with Crippen LogP contribution in [0.5, 0.6) is 5.75 Å². The number of imidazole rings is 1. The molecule has 3 rings (SSSR count). The molecule has 0 spiro atoms. The second-order valence-electron chi connectivity index (χ2n) is 5.10. The van der Waals surface area contributed by atoms with Gasteiger partial charge in [0.25, 0.3) is 5.56 Å². The Bertz CT molecular complexity index is 1040. The predicted molar refractivity (Wildman–Crippen MR) is 90.6 cm³/mol. The highest BCUT2D eigenvalue weighted by molar-refractivity contribution is 5.83. The van der Waals surface area contributed by atoms with Crippen molar-refractivity contribution in [3.63, 3.8) is 0 Å². The van der Waals surface area contributed by atoms with Crippen molar-refractivity contribution >= 4 is 23.3 Å². The van der Waals surface area contributed by atoms with Crippen LogP contribution in [-0.2, 0) is 13.6 Å². The number of rotatable bonds is 4. The van der Waals surface area contributed by atoms with Crippen LogP contribution in [0.1, 0.15) is 12.5 Å². The van der Waals surface area contributed by atoms with Crippen LogP contribution in [-0.4, -0.2) is 30.4 Å². The summed E-state index contributed by atoms with van der Waals surface area (Å²) >= 11 is 0. The highest BCUT2D eigenvalue weighted by atomic mass is 16.3. The molecule has 9 nitrogen and oxygen atoms in total. The first-order valence-corrected chi connectivity index (χ1v) is 7.29. The van der Waals surface area contributed by atoms with Crippen molar-refractivity contribution in [3.05, 3.63) is 50.7 Å². The molecule has 0 amide bonds. The molecule has 0 atom stereocenters. The summed E-state index contributed by atoms with van der Waals surface area (Å²) in [5, 5.41) is 13.7. The van der Waals surface area contributed by atoms with Crippen LogP contribution in [0, 0.1) is 0 Å². The van der Waals surface area contributed by atoms with Gasteiger partial charge in [-0.2, -0.15) is 10.1 Å². The average molecular weight is 328 g/mol. The molecule has 2 aromatic heterocycles. The van der Waals surface area contributed by atoms with Gasteiger partial charge in [-0.1, -0.05) is 12.1 Å². The minimum atomic E-state index is -0.530. The van der Waals surface area contributed by atoms with E-state index in [1.54, 1.807) is 28.8 Å². The van der Waals surface area contributed by atoms with E-state index in [-0.39, 0.29) is 11.4 Å². The van der Waals surface area contributed by atoms with E-state index in [4.69, 9.17) is 0 Å². The van der Waals surface area contributed by atoms with Gasteiger partial charge in [0, 0.05) is 19.2 Å². The summed E-state index contributed by atoms with van der Waals surface area (Å²) in [6, 6.07) is 6.75. The maximum absolute atomic E-state index is 12.1. The van der Waals surface area contributed by atoms with Gasteiger partial charge in [-0.25, -0.2) is 10.2 Å². The largest absolute Gasteiger partial charge is 0.507 e. The number of phenols is 1. The molecule has 0 saturated carbocycles. The number of hydrogen-bond donors (Lipinski definition) is 3. The Balaban J connectivity index is 2.03. The van der Waals surface area contributed by atoms with Gasteiger partial charge >= 0.3 is 5.69 Å². The SMILES string of the molecule is CCn1c(N/N=C\c2ccccc2O)nc2c1c(=O)[nH]c(=O)n2C. The van der Waals surface area contributed by atoms with Crippen molar-refractivity contribution in [3.8, 4) is 5.75 Å². The zero-order valence-corrected chi connectivity index (χ0v) is 13.1. The summed E-state index contributed by atoms with van der Waals surface area (Å²) in [5.41, 5.74) is 2.81. The van der Waals surface area contributed by atoms with E-state index in [2.05, 4.69) is 20.5 Å². The summed E-state index contributed by atoms with van der Waals surface area (Å²) in [7, 11) is 1.53. The van der Waals surface area contributed by atoms with E-state index in [0.29, 0.717) is 23.6 Å². The van der Waals surface area contributed by atoms with Gasteiger partial charge in [0.15, 0.2) is 11.2 Å². The van der Waals surface area contributed by atoms with E-state index >= 15 is 0 Å². The first kappa shape index (κ1) is 15.5. The minimum absolute atomic E-state index is 0.103. The molecule has 2 heterocycles. The van der Waals surface area contributed by atoms with Gasteiger partial charge in [0.1, 0.15) is 5.75 Å². The molecule has 0 unspecified atom stereocenters. The molecule has 1 aromatic carbocycles. The van der Waals surface area contributed by atoms with E-state index in [1.807, 2.05) is 6.92 Å². The van der Waals surface area contributed by atoms with E-state index in [0.717, 1.165) is 0 Å². The van der Waals surface area contributed by atoms with Crippen LogP contribution in [0.4, 0.5) is 5.95 Å². The van der Waals surface area contributed by atoms with Crippen molar-refractivity contribution in [1.29, 1.82) is 0 Å². The first-order valence-electron chi connectivity index (χ1n) is 7.29. The Morgan fingerprint density at radius 2 is 2.12 bits per heavy atom. The van der Waals surface area contributed by atoms with Crippen molar-refractivity contribution in [2.24, 2.45) is 12.1 Å². The Morgan fingerprint density at radius 1 is 1.38 bits per heavy atom. The van der Waals surface area contributed by atoms with Crippen LogP contribution in [0.2, 0.25) is 0 Å². The van der Waals surface area contributed by atoms with Crippen LogP contribution >= 0.6 is 0 Å². The lowest BCUT2D eigenvalue weighted by molar-refractivity contribution is 0.474. The lowest BCUT2D eigenvalue weighted by Crippen LogP contribution is -2.29. The second-order valence-corrected chi connectivity index (χ2v) is 5.10. The van der Waals surface area contributed by atoms with Crippen LogP contribution in [0.3, 0.4) is 0 Å². The Morgan fingerprint density at radius 3 is 2.83 bits per heavy atom. The number of aromatic nitrogens is 4. The Hall–Kier alpha value is -3.36. The minimum Gasteiger partial charge on any atom is -0.507 e. The molecule has 124 valence electrons. The zero-order valence-electron chi connectivity index (χ0n) is 13.1. The Kier molecular flexibility index (Phi) is 3.90. The van der Waals surface area contributed by atoms with Gasteiger partial charge in [-0.05, 0) is 19.1 Å². The van der Waals surface area contributed by atoms with Gasteiger partial charge in [-0.3, -0.25) is 14.3 Å². The van der Waals surface area contributed by atoms with Crippen LogP contribution in [0.15, 0.2) is 39.0 Å². The monoisotopic (exact) mass is 328 g/mol. The molecule has 0 saturated heterocycles. The fourth-order valence-corrected chi connectivity index (χ4v) is 2.38. The number of anilines is 1. The van der Waals surface area contributed by atoms with Gasteiger partial charge in [-0.15, -0.1) is 0 Å². The third-order valence-corrected chi connectivity index (χ3v) is 3.63. The molecule has 0 radical (unpaired) electrons. The standard InChI is InChI=1S/C15H16N6O3/c1-3-21-11-12(20(2)15(24)18-13(11)23)17-14(21)19-16-8-9-6-4-5-7-10(9)22/h4-8,22H,3H2,1-2H3,(H,17,19)(H,18,23,24)/b16-8-.